The summed E-state index contributed by atoms with van der Waals surface area (Å²) in [6, 6.07) is 10.1. The Balaban J connectivity index is 2.30. The van der Waals surface area contributed by atoms with Crippen molar-refractivity contribution >= 4 is 0 Å². The van der Waals surface area contributed by atoms with Gasteiger partial charge in [-0.25, -0.2) is 0 Å². The van der Waals surface area contributed by atoms with Crippen LogP contribution in [0.2, 0.25) is 0 Å². The van der Waals surface area contributed by atoms with Gasteiger partial charge in [0.15, 0.2) is 0 Å². The Morgan fingerprint density at radius 2 is 1.52 bits per heavy atom. The lowest BCUT2D eigenvalue weighted by atomic mass is 10.2. The smallest absolute Gasteiger partial charge is 0.109 e. The predicted octanol–water partition coefficient (Wildman–Crippen LogP) is 3.05. The lowest BCUT2D eigenvalue weighted by Crippen LogP contribution is -2.37. The van der Waals surface area contributed by atoms with E-state index in [-0.39, 0.29) is 12.2 Å². The lowest BCUT2D eigenvalue weighted by Gasteiger charge is -2.24. The SMILES string of the molecule is CCCCOCC(OC)C(COCc1ccccc1)OC. The second kappa shape index (κ2) is 11.7. The Bertz CT molecular complexity index is 342. The fraction of sp³-hybridized carbons (Fsp3) is 0.647. The second-order valence-electron chi connectivity index (χ2n) is 4.98. The van der Waals surface area contributed by atoms with Gasteiger partial charge in [0.25, 0.3) is 0 Å². The minimum Gasteiger partial charge on any atom is -0.379 e. The highest BCUT2D eigenvalue weighted by Gasteiger charge is 2.21. The fourth-order valence-electron chi connectivity index (χ4n) is 1.97. The first-order valence-electron chi connectivity index (χ1n) is 7.56. The van der Waals surface area contributed by atoms with Crippen LogP contribution < -0.4 is 0 Å². The molecule has 0 radical (unpaired) electrons. The van der Waals surface area contributed by atoms with E-state index in [0.29, 0.717) is 19.8 Å². The van der Waals surface area contributed by atoms with Gasteiger partial charge in [0, 0.05) is 20.8 Å². The van der Waals surface area contributed by atoms with Crippen molar-refractivity contribution in [3.8, 4) is 0 Å². The van der Waals surface area contributed by atoms with Gasteiger partial charge in [0.05, 0.1) is 19.8 Å². The molecule has 2 atom stereocenters. The average Bonchev–Trinajstić information content (AvgIpc) is 2.53. The van der Waals surface area contributed by atoms with Crippen LogP contribution in [-0.4, -0.2) is 46.2 Å². The van der Waals surface area contributed by atoms with Crippen LogP contribution in [0.1, 0.15) is 25.3 Å². The zero-order valence-corrected chi connectivity index (χ0v) is 13.4. The number of unbranched alkanes of at least 4 members (excludes halogenated alkanes) is 1. The predicted molar refractivity (Wildman–Crippen MR) is 83.4 cm³/mol. The summed E-state index contributed by atoms with van der Waals surface area (Å²) in [5, 5.41) is 0. The third-order valence-electron chi connectivity index (χ3n) is 3.34. The van der Waals surface area contributed by atoms with Crippen LogP contribution >= 0.6 is 0 Å². The zero-order valence-electron chi connectivity index (χ0n) is 13.4. The largest absolute Gasteiger partial charge is 0.379 e. The third kappa shape index (κ3) is 7.58. The van der Waals surface area contributed by atoms with Gasteiger partial charge in [-0.3, -0.25) is 0 Å². The molecule has 120 valence electrons. The number of ether oxygens (including phenoxy) is 4. The molecule has 0 aliphatic heterocycles. The van der Waals surface area contributed by atoms with Crippen LogP contribution in [0, 0.1) is 0 Å². The number of benzene rings is 1. The summed E-state index contributed by atoms with van der Waals surface area (Å²) in [7, 11) is 3.35. The summed E-state index contributed by atoms with van der Waals surface area (Å²) in [6.45, 7) is 4.50. The minimum atomic E-state index is -0.125. The van der Waals surface area contributed by atoms with Gasteiger partial charge in [0.2, 0.25) is 0 Å². The van der Waals surface area contributed by atoms with Crippen molar-refractivity contribution in [1.82, 2.24) is 0 Å². The van der Waals surface area contributed by atoms with Crippen molar-refractivity contribution in [3.05, 3.63) is 35.9 Å². The maximum absolute atomic E-state index is 5.72. The first-order valence-corrected chi connectivity index (χ1v) is 7.56. The van der Waals surface area contributed by atoms with Crippen LogP contribution in [0.4, 0.5) is 0 Å². The Morgan fingerprint density at radius 3 is 2.10 bits per heavy atom. The highest BCUT2D eigenvalue weighted by molar-refractivity contribution is 5.13. The second-order valence-corrected chi connectivity index (χ2v) is 4.98. The molecule has 1 aromatic rings. The fourth-order valence-corrected chi connectivity index (χ4v) is 1.97. The number of hydrogen-bond acceptors (Lipinski definition) is 4. The molecule has 0 saturated heterocycles. The number of methoxy groups -OCH3 is 2. The van der Waals surface area contributed by atoms with Crippen molar-refractivity contribution in [2.24, 2.45) is 0 Å². The molecular weight excluding hydrogens is 268 g/mol. The van der Waals surface area contributed by atoms with Gasteiger partial charge in [-0.05, 0) is 12.0 Å². The number of rotatable bonds is 12. The average molecular weight is 296 g/mol. The van der Waals surface area contributed by atoms with E-state index >= 15 is 0 Å². The van der Waals surface area contributed by atoms with Gasteiger partial charge in [-0.2, -0.15) is 0 Å². The van der Waals surface area contributed by atoms with Crippen LogP contribution in [0.25, 0.3) is 0 Å². The molecule has 0 spiro atoms. The van der Waals surface area contributed by atoms with Crippen LogP contribution in [0.3, 0.4) is 0 Å². The highest BCUT2D eigenvalue weighted by atomic mass is 16.6. The maximum atomic E-state index is 5.72. The van der Waals surface area contributed by atoms with E-state index in [0.717, 1.165) is 25.0 Å². The van der Waals surface area contributed by atoms with Crippen molar-refractivity contribution in [2.45, 2.75) is 38.6 Å². The first-order chi connectivity index (χ1) is 10.3. The molecule has 0 aromatic heterocycles. The third-order valence-corrected chi connectivity index (χ3v) is 3.34. The van der Waals surface area contributed by atoms with Gasteiger partial charge in [0.1, 0.15) is 12.2 Å². The summed E-state index contributed by atoms with van der Waals surface area (Å²) in [6.07, 6.45) is 1.97. The van der Waals surface area contributed by atoms with E-state index in [1.54, 1.807) is 14.2 Å². The van der Waals surface area contributed by atoms with Crippen LogP contribution in [-0.2, 0) is 25.6 Å². The van der Waals surface area contributed by atoms with Crippen LogP contribution in [0.5, 0.6) is 0 Å². The summed E-state index contributed by atoms with van der Waals surface area (Å²) in [5.74, 6) is 0. The Hall–Kier alpha value is -0.940. The molecule has 0 bridgehead atoms. The van der Waals surface area contributed by atoms with E-state index in [2.05, 4.69) is 6.92 Å². The standard InChI is InChI=1S/C17H28O4/c1-4-5-11-20-13-16(18-2)17(19-3)14-21-12-15-9-7-6-8-10-15/h6-10,16-17H,4-5,11-14H2,1-3H3. The molecule has 2 unspecified atom stereocenters. The Labute approximate surface area is 128 Å². The molecule has 21 heavy (non-hydrogen) atoms. The molecule has 1 rings (SSSR count). The van der Waals surface area contributed by atoms with Gasteiger partial charge < -0.3 is 18.9 Å². The molecule has 4 heteroatoms. The molecule has 0 N–H and O–H groups in total. The molecule has 0 saturated carbocycles. The topological polar surface area (TPSA) is 36.9 Å². The van der Waals surface area contributed by atoms with Gasteiger partial charge in [-0.15, -0.1) is 0 Å². The molecular formula is C17H28O4. The quantitative estimate of drug-likeness (QED) is 0.556. The monoisotopic (exact) mass is 296 g/mol. The molecule has 4 nitrogen and oxygen atoms in total. The summed E-state index contributed by atoms with van der Waals surface area (Å²) in [4.78, 5) is 0. The van der Waals surface area contributed by atoms with Crippen LogP contribution in [0.15, 0.2) is 30.3 Å². The molecule has 1 aromatic carbocycles. The summed E-state index contributed by atoms with van der Waals surface area (Å²) < 4.78 is 22.3. The lowest BCUT2D eigenvalue weighted by molar-refractivity contribution is -0.104. The molecule has 0 heterocycles. The van der Waals surface area contributed by atoms with Crippen molar-refractivity contribution in [3.63, 3.8) is 0 Å². The van der Waals surface area contributed by atoms with E-state index in [4.69, 9.17) is 18.9 Å². The van der Waals surface area contributed by atoms with E-state index in [1.807, 2.05) is 30.3 Å². The maximum Gasteiger partial charge on any atom is 0.109 e. The van der Waals surface area contributed by atoms with Crippen molar-refractivity contribution < 1.29 is 18.9 Å². The summed E-state index contributed by atoms with van der Waals surface area (Å²) in [5.41, 5.74) is 1.15. The Morgan fingerprint density at radius 1 is 0.905 bits per heavy atom. The minimum absolute atomic E-state index is 0.109. The molecule has 0 aliphatic carbocycles. The molecule has 0 aliphatic rings. The molecule has 0 amide bonds. The Kier molecular flexibility index (Phi) is 10.1. The van der Waals surface area contributed by atoms with Gasteiger partial charge in [-0.1, -0.05) is 43.7 Å². The van der Waals surface area contributed by atoms with E-state index in [1.165, 1.54) is 0 Å². The van der Waals surface area contributed by atoms with E-state index in [9.17, 15) is 0 Å². The summed E-state index contributed by atoms with van der Waals surface area (Å²) >= 11 is 0. The van der Waals surface area contributed by atoms with Crippen molar-refractivity contribution in [1.29, 1.82) is 0 Å². The van der Waals surface area contributed by atoms with Gasteiger partial charge >= 0.3 is 0 Å². The number of hydrogen-bond donors (Lipinski definition) is 0. The highest BCUT2D eigenvalue weighted by Crippen LogP contribution is 2.07. The van der Waals surface area contributed by atoms with Crippen molar-refractivity contribution in [2.75, 3.05) is 34.0 Å². The zero-order chi connectivity index (χ0) is 15.3. The molecule has 0 fully saturated rings. The normalized spacial score (nSPS) is 14.0. The van der Waals surface area contributed by atoms with E-state index < -0.39 is 0 Å². The first kappa shape index (κ1) is 18.1.